The zero-order chi connectivity index (χ0) is 33.4. The molecule has 4 atom stereocenters. The SMILES string of the molecule is CCOC(=O)C1=C(CN2CC(F)(F)[C@H]3[C@@H]2CCN3CC(CC)C(=O)OC(C)(C)C)NC(c2nccs2)=NC1c1ccc(F)nc1C. The maximum atomic E-state index is 15.9. The van der Waals surface area contributed by atoms with E-state index in [1.807, 2.05) is 6.92 Å². The molecule has 2 unspecified atom stereocenters. The van der Waals surface area contributed by atoms with E-state index in [-0.39, 0.29) is 25.3 Å². The van der Waals surface area contributed by atoms with Crippen LogP contribution >= 0.6 is 11.3 Å². The Balaban J connectivity index is 1.48. The maximum absolute atomic E-state index is 15.9. The average Bonchev–Trinajstić information content (AvgIpc) is 3.70. The second-order valence-corrected chi connectivity index (χ2v) is 13.8. The number of nitrogens with zero attached hydrogens (tertiary/aromatic N) is 5. The highest BCUT2D eigenvalue weighted by Crippen LogP contribution is 2.43. The van der Waals surface area contributed by atoms with Crippen molar-refractivity contribution in [2.24, 2.45) is 10.9 Å². The largest absolute Gasteiger partial charge is 0.463 e. The van der Waals surface area contributed by atoms with Crippen molar-refractivity contribution in [2.75, 3.05) is 32.8 Å². The number of esters is 2. The van der Waals surface area contributed by atoms with E-state index in [2.05, 4.69) is 15.3 Å². The lowest BCUT2D eigenvalue weighted by Gasteiger charge is -2.32. The lowest BCUT2D eigenvalue weighted by molar-refractivity contribution is -0.161. The summed E-state index contributed by atoms with van der Waals surface area (Å²) in [5.41, 5.74) is 0.663. The van der Waals surface area contributed by atoms with Crippen LogP contribution in [0.5, 0.6) is 0 Å². The van der Waals surface area contributed by atoms with Crippen molar-refractivity contribution in [1.82, 2.24) is 25.1 Å². The number of carbonyl (C=O) groups excluding carboxylic acids is 2. The minimum Gasteiger partial charge on any atom is -0.463 e. The first kappa shape index (κ1) is 34.0. The molecular weight excluding hydrogens is 621 g/mol. The van der Waals surface area contributed by atoms with Gasteiger partial charge in [-0.15, -0.1) is 11.3 Å². The number of aromatic nitrogens is 2. The van der Waals surface area contributed by atoms with Crippen LogP contribution in [-0.2, 0) is 19.1 Å². The summed E-state index contributed by atoms with van der Waals surface area (Å²) in [5, 5.41) is 5.54. The van der Waals surface area contributed by atoms with Gasteiger partial charge in [-0.3, -0.25) is 19.6 Å². The molecule has 0 aliphatic carbocycles. The molecular formula is C32H41F3N6O4S. The summed E-state index contributed by atoms with van der Waals surface area (Å²) in [5.74, 6) is -4.96. The maximum Gasteiger partial charge on any atom is 0.338 e. The fraction of sp³-hybridized carbons (Fsp3) is 0.594. The van der Waals surface area contributed by atoms with Crippen molar-refractivity contribution in [3.63, 3.8) is 0 Å². The highest BCUT2D eigenvalue weighted by molar-refractivity contribution is 7.11. The molecule has 0 amide bonds. The molecule has 2 fully saturated rings. The van der Waals surface area contributed by atoms with Gasteiger partial charge in [-0.2, -0.15) is 4.39 Å². The summed E-state index contributed by atoms with van der Waals surface area (Å²) >= 11 is 1.33. The third kappa shape index (κ3) is 7.13. The molecule has 14 heteroatoms. The molecule has 0 spiro atoms. The Hall–Kier alpha value is -3.36. The third-order valence-electron chi connectivity index (χ3n) is 8.48. The number of aliphatic imine (C=N–C) groups is 1. The van der Waals surface area contributed by atoms with Crippen molar-refractivity contribution in [3.8, 4) is 0 Å². The topological polar surface area (TPSA) is 109 Å². The van der Waals surface area contributed by atoms with Gasteiger partial charge in [-0.1, -0.05) is 13.0 Å². The number of hydrogen-bond acceptors (Lipinski definition) is 11. The van der Waals surface area contributed by atoms with Gasteiger partial charge in [-0.25, -0.2) is 23.5 Å². The molecule has 1 N–H and O–H groups in total. The number of carbonyl (C=O) groups is 2. The van der Waals surface area contributed by atoms with Crippen molar-refractivity contribution < 1.29 is 32.2 Å². The fourth-order valence-electron chi connectivity index (χ4n) is 6.54. The van der Waals surface area contributed by atoms with Crippen LogP contribution in [0, 0.1) is 18.8 Å². The van der Waals surface area contributed by atoms with Gasteiger partial charge in [-0.05, 0) is 53.5 Å². The summed E-state index contributed by atoms with van der Waals surface area (Å²) in [4.78, 5) is 43.0. The van der Waals surface area contributed by atoms with Crippen molar-refractivity contribution in [3.05, 3.63) is 57.2 Å². The van der Waals surface area contributed by atoms with E-state index < -0.39 is 60.0 Å². The number of pyridine rings is 1. The van der Waals surface area contributed by atoms with Gasteiger partial charge in [0.2, 0.25) is 5.95 Å². The summed E-state index contributed by atoms with van der Waals surface area (Å²) < 4.78 is 56.8. The summed E-state index contributed by atoms with van der Waals surface area (Å²) in [6.07, 6.45) is 2.55. The van der Waals surface area contributed by atoms with E-state index in [0.717, 1.165) is 0 Å². The Morgan fingerprint density at radius 2 is 1.98 bits per heavy atom. The predicted octanol–water partition coefficient (Wildman–Crippen LogP) is 4.66. The molecule has 3 aliphatic heterocycles. The lowest BCUT2D eigenvalue weighted by atomic mass is 9.94. The zero-order valence-electron chi connectivity index (χ0n) is 27.0. The Bertz CT molecular complexity index is 1510. The van der Waals surface area contributed by atoms with Crippen molar-refractivity contribution in [2.45, 2.75) is 84.0 Å². The average molecular weight is 663 g/mol. The molecule has 250 valence electrons. The number of ether oxygens (including phenoxy) is 2. The number of halogens is 3. The first-order valence-electron chi connectivity index (χ1n) is 15.6. The number of fused-ring (bicyclic) bond motifs is 1. The van der Waals surface area contributed by atoms with Crippen LogP contribution in [0.2, 0.25) is 0 Å². The second kappa shape index (κ2) is 13.4. The van der Waals surface area contributed by atoms with Crippen LogP contribution in [0.3, 0.4) is 0 Å². The van der Waals surface area contributed by atoms with E-state index in [9.17, 15) is 14.0 Å². The molecule has 3 aliphatic rings. The van der Waals surface area contributed by atoms with Crippen LogP contribution < -0.4 is 5.32 Å². The number of hydrogen-bond donors (Lipinski definition) is 1. The number of thiazole rings is 1. The normalized spacial score (nSPS) is 23.9. The number of amidine groups is 1. The standard InChI is InChI=1S/C32H41F3N6O4S/c1-7-19(29(42)45-31(4,5)6)15-40-13-11-22-26(40)32(34,35)17-41(22)16-21-24(30(43)44-8-2)25(20-9-10-23(33)37-18(20)3)39-27(38-21)28-36-12-14-46-28/h9-10,12,14,19,22,25-26H,7-8,11,13,15-17H2,1-6H3,(H,38,39)/t19?,22-,25?,26+/m0/s1. The van der Waals surface area contributed by atoms with Crippen LogP contribution in [0.15, 0.2) is 40.0 Å². The highest BCUT2D eigenvalue weighted by atomic mass is 32.1. The molecule has 5 rings (SSSR count). The van der Waals surface area contributed by atoms with Crippen LogP contribution in [0.4, 0.5) is 13.2 Å². The number of aryl methyl sites for hydroxylation is 1. The third-order valence-corrected chi connectivity index (χ3v) is 9.26. The fourth-order valence-corrected chi connectivity index (χ4v) is 7.13. The van der Waals surface area contributed by atoms with Gasteiger partial charge in [0.15, 0.2) is 10.8 Å². The molecule has 0 saturated carbocycles. The zero-order valence-corrected chi connectivity index (χ0v) is 27.8. The highest BCUT2D eigenvalue weighted by Gasteiger charge is 2.59. The smallest absolute Gasteiger partial charge is 0.338 e. The first-order valence-corrected chi connectivity index (χ1v) is 16.5. The molecule has 5 heterocycles. The predicted molar refractivity (Wildman–Crippen MR) is 167 cm³/mol. The van der Waals surface area contributed by atoms with Gasteiger partial charge in [0.05, 0.1) is 30.7 Å². The molecule has 2 aromatic heterocycles. The minimum atomic E-state index is -3.07. The molecule has 10 nitrogen and oxygen atoms in total. The van der Waals surface area contributed by atoms with E-state index in [4.69, 9.17) is 14.5 Å². The summed E-state index contributed by atoms with van der Waals surface area (Å²) in [6.45, 7) is 10.6. The molecule has 2 saturated heterocycles. The Kier molecular flexibility index (Phi) is 9.90. The lowest BCUT2D eigenvalue weighted by Crippen LogP contribution is -2.48. The van der Waals surface area contributed by atoms with E-state index in [0.29, 0.717) is 47.2 Å². The van der Waals surface area contributed by atoms with Crippen molar-refractivity contribution >= 4 is 29.1 Å². The van der Waals surface area contributed by atoms with E-state index >= 15 is 8.78 Å². The van der Waals surface area contributed by atoms with Crippen molar-refractivity contribution in [1.29, 1.82) is 0 Å². The van der Waals surface area contributed by atoms with E-state index in [1.165, 1.54) is 23.5 Å². The summed E-state index contributed by atoms with van der Waals surface area (Å²) in [7, 11) is 0. The Morgan fingerprint density at radius 3 is 2.61 bits per heavy atom. The first-order chi connectivity index (χ1) is 21.7. The quantitative estimate of drug-likeness (QED) is 0.287. The number of nitrogens with one attached hydrogen (secondary N) is 1. The monoisotopic (exact) mass is 662 g/mol. The minimum absolute atomic E-state index is 0.0173. The van der Waals surface area contributed by atoms with Gasteiger partial charge >= 0.3 is 11.9 Å². The van der Waals surface area contributed by atoms with Gasteiger partial charge in [0.1, 0.15) is 11.6 Å². The summed E-state index contributed by atoms with van der Waals surface area (Å²) in [6, 6.07) is 0.159. The van der Waals surface area contributed by atoms with E-state index in [1.54, 1.807) is 56.0 Å². The molecule has 2 aromatic rings. The number of likely N-dealkylation sites (tertiary alicyclic amines) is 2. The Labute approximate surface area is 271 Å². The molecule has 0 bridgehead atoms. The van der Waals surface area contributed by atoms with Gasteiger partial charge in [0, 0.05) is 54.2 Å². The second-order valence-electron chi connectivity index (χ2n) is 12.9. The van der Waals surface area contributed by atoms with Gasteiger partial charge in [0.25, 0.3) is 5.92 Å². The number of alkyl halides is 2. The van der Waals surface area contributed by atoms with Crippen LogP contribution in [-0.4, -0.2) is 93.9 Å². The van der Waals surface area contributed by atoms with Crippen LogP contribution in [0.25, 0.3) is 0 Å². The number of rotatable bonds is 10. The Morgan fingerprint density at radius 1 is 1.22 bits per heavy atom. The van der Waals surface area contributed by atoms with Crippen LogP contribution in [0.1, 0.15) is 69.8 Å². The molecule has 0 aromatic carbocycles. The van der Waals surface area contributed by atoms with Gasteiger partial charge < -0.3 is 14.8 Å². The molecule has 46 heavy (non-hydrogen) atoms. The molecule has 0 radical (unpaired) electrons.